The first-order valence-corrected chi connectivity index (χ1v) is 6.67. The van der Waals surface area contributed by atoms with Crippen LogP contribution in [0.25, 0.3) is 0 Å². The summed E-state index contributed by atoms with van der Waals surface area (Å²) < 4.78 is 1.87. The first-order chi connectivity index (χ1) is 8.18. The summed E-state index contributed by atoms with van der Waals surface area (Å²) in [6, 6.07) is -0.302. The van der Waals surface area contributed by atoms with Crippen molar-refractivity contribution in [3.05, 3.63) is 5.82 Å². The fraction of sp³-hybridized carbons (Fsp3) is 0.778. The SMILES string of the molecule is NC(CCSCc1nnnn1C1CC1)C(=O)O. The molecule has 1 aromatic heterocycles. The molecule has 0 amide bonds. The van der Waals surface area contributed by atoms with E-state index < -0.39 is 12.0 Å². The Balaban J connectivity index is 1.71. The standard InChI is InChI=1S/C9H15N5O2S/c10-7(9(15)16)3-4-17-5-8-11-12-13-14(8)6-1-2-6/h6-7H,1-5,10H2,(H,15,16). The van der Waals surface area contributed by atoms with Gasteiger partial charge in [-0.3, -0.25) is 4.79 Å². The largest absolute Gasteiger partial charge is 0.480 e. The maximum Gasteiger partial charge on any atom is 0.320 e. The molecule has 7 nitrogen and oxygen atoms in total. The number of nitrogens with zero attached hydrogens (tertiary/aromatic N) is 4. The van der Waals surface area contributed by atoms with Gasteiger partial charge in [0.25, 0.3) is 0 Å². The van der Waals surface area contributed by atoms with Crippen LogP contribution in [-0.2, 0) is 10.5 Å². The fourth-order valence-corrected chi connectivity index (χ4v) is 2.34. The Bertz CT molecular complexity index is 392. The molecular weight excluding hydrogens is 242 g/mol. The molecule has 0 bridgehead atoms. The molecule has 0 saturated heterocycles. The van der Waals surface area contributed by atoms with Crippen molar-refractivity contribution >= 4 is 17.7 Å². The zero-order valence-corrected chi connectivity index (χ0v) is 10.1. The van der Waals surface area contributed by atoms with E-state index in [1.807, 2.05) is 4.68 Å². The van der Waals surface area contributed by atoms with E-state index in [0.29, 0.717) is 24.0 Å². The molecule has 0 radical (unpaired) electrons. The normalized spacial score (nSPS) is 17.0. The van der Waals surface area contributed by atoms with E-state index in [-0.39, 0.29) is 0 Å². The smallest absolute Gasteiger partial charge is 0.320 e. The van der Waals surface area contributed by atoms with Crippen LogP contribution in [0.5, 0.6) is 0 Å². The second-order valence-electron chi connectivity index (χ2n) is 4.06. The molecule has 1 heterocycles. The molecule has 3 N–H and O–H groups in total. The molecule has 1 unspecified atom stereocenters. The van der Waals surface area contributed by atoms with E-state index in [1.54, 1.807) is 11.8 Å². The summed E-state index contributed by atoms with van der Waals surface area (Å²) in [7, 11) is 0. The zero-order chi connectivity index (χ0) is 12.3. The number of rotatable bonds is 7. The van der Waals surface area contributed by atoms with Crippen molar-refractivity contribution in [3.8, 4) is 0 Å². The van der Waals surface area contributed by atoms with Gasteiger partial charge in [0.2, 0.25) is 0 Å². The highest BCUT2D eigenvalue weighted by Crippen LogP contribution is 2.34. The summed E-state index contributed by atoms with van der Waals surface area (Å²) in [4.78, 5) is 10.5. The van der Waals surface area contributed by atoms with Crippen molar-refractivity contribution in [2.24, 2.45) is 5.73 Å². The third-order valence-corrected chi connectivity index (χ3v) is 3.56. The molecule has 17 heavy (non-hydrogen) atoms. The first-order valence-electron chi connectivity index (χ1n) is 5.51. The average Bonchev–Trinajstić information content (AvgIpc) is 3.04. The van der Waals surface area contributed by atoms with Crippen molar-refractivity contribution in [2.75, 3.05) is 5.75 Å². The van der Waals surface area contributed by atoms with Gasteiger partial charge in [-0.05, 0) is 35.4 Å². The van der Waals surface area contributed by atoms with Crippen molar-refractivity contribution < 1.29 is 9.90 Å². The second kappa shape index (κ2) is 5.46. The number of nitrogens with two attached hydrogens (primary N) is 1. The topological polar surface area (TPSA) is 107 Å². The van der Waals surface area contributed by atoms with Gasteiger partial charge in [-0.2, -0.15) is 11.8 Å². The maximum absolute atomic E-state index is 10.5. The predicted octanol–water partition coefficient (Wildman–Crippen LogP) is 0.0432. The van der Waals surface area contributed by atoms with E-state index >= 15 is 0 Å². The minimum atomic E-state index is -0.951. The van der Waals surface area contributed by atoms with Crippen LogP contribution in [0.2, 0.25) is 0 Å². The molecule has 0 aromatic carbocycles. The molecule has 1 saturated carbocycles. The minimum absolute atomic E-state index is 0.463. The first kappa shape index (κ1) is 12.3. The molecule has 1 aliphatic rings. The van der Waals surface area contributed by atoms with Crippen LogP contribution in [0, 0.1) is 0 Å². The molecular formula is C9H15N5O2S. The van der Waals surface area contributed by atoms with Crippen LogP contribution in [0.3, 0.4) is 0 Å². The Kier molecular flexibility index (Phi) is 3.95. The monoisotopic (exact) mass is 257 g/mol. The van der Waals surface area contributed by atoms with E-state index in [1.165, 1.54) is 0 Å². The number of thioether (sulfide) groups is 1. The Labute approximate surface area is 103 Å². The van der Waals surface area contributed by atoms with E-state index in [0.717, 1.165) is 18.7 Å². The molecule has 1 aliphatic carbocycles. The lowest BCUT2D eigenvalue weighted by Crippen LogP contribution is -2.30. The van der Waals surface area contributed by atoms with E-state index in [4.69, 9.17) is 10.8 Å². The highest BCUT2D eigenvalue weighted by atomic mass is 32.2. The van der Waals surface area contributed by atoms with Crippen LogP contribution in [0.15, 0.2) is 0 Å². The third kappa shape index (κ3) is 3.40. The number of carboxylic acids is 1. The van der Waals surface area contributed by atoms with Crippen molar-refractivity contribution in [2.45, 2.75) is 37.1 Å². The zero-order valence-electron chi connectivity index (χ0n) is 9.32. The number of carboxylic acid groups (broad SMARTS) is 1. The minimum Gasteiger partial charge on any atom is -0.480 e. The van der Waals surface area contributed by atoms with Gasteiger partial charge in [-0.25, -0.2) is 4.68 Å². The van der Waals surface area contributed by atoms with Crippen LogP contribution in [0.4, 0.5) is 0 Å². The van der Waals surface area contributed by atoms with Crippen LogP contribution in [0.1, 0.15) is 31.1 Å². The summed E-state index contributed by atoms with van der Waals surface area (Å²) in [5, 5.41) is 20.2. The second-order valence-corrected chi connectivity index (χ2v) is 5.16. The lowest BCUT2D eigenvalue weighted by Gasteiger charge is -2.05. The molecule has 1 aromatic rings. The molecule has 1 atom stereocenters. The summed E-state index contributed by atoms with van der Waals surface area (Å²) in [6.45, 7) is 0. The number of carbonyl (C=O) groups is 1. The number of hydrogen-bond acceptors (Lipinski definition) is 6. The molecule has 1 fully saturated rings. The number of hydrogen-bond donors (Lipinski definition) is 2. The molecule has 94 valence electrons. The van der Waals surface area contributed by atoms with Gasteiger partial charge >= 0.3 is 5.97 Å². The average molecular weight is 257 g/mol. The highest BCUT2D eigenvalue weighted by molar-refractivity contribution is 7.98. The van der Waals surface area contributed by atoms with Crippen LogP contribution >= 0.6 is 11.8 Å². The Morgan fingerprint density at radius 3 is 3.06 bits per heavy atom. The van der Waals surface area contributed by atoms with Gasteiger partial charge in [0.15, 0.2) is 5.82 Å². The van der Waals surface area contributed by atoms with Gasteiger partial charge in [-0.1, -0.05) is 0 Å². The van der Waals surface area contributed by atoms with Gasteiger partial charge in [0.05, 0.1) is 11.8 Å². The van der Waals surface area contributed by atoms with Gasteiger partial charge < -0.3 is 10.8 Å². The van der Waals surface area contributed by atoms with Crippen molar-refractivity contribution in [1.82, 2.24) is 20.2 Å². The van der Waals surface area contributed by atoms with Gasteiger partial charge in [0, 0.05) is 0 Å². The molecule has 0 aliphatic heterocycles. The number of aromatic nitrogens is 4. The lowest BCUT2D eigenvalue weighted by atomic mass is 10.2. The van der Waals surface area contributed by atoms with Gasteiger partial charge in [0.1, 0.15) is 6.04 Å². The quantitative estimate of drug-likeness (QED) is 0.664. The summed E-state index contributed by atoms with van der Waals surface area (Å²) in [5.41, 5.74) is 5.41. The summed E-state index contributed by atoms with van der Waals surface area (Å²) >= 11 is 1.61. The van der Waals surface area contributed by atoms with Gasteiger partial charge in [-0.15, -0.1) is 5.10 Å². The Morgan fingerprint density at radius 2 is 2.41 bits per heavy atom. The van der Waals surface area contributed by atoms with Crippen molar-refractivity contribution in [1.29, 1.82) is 0 Å². The van der Waals surface area contributed by atoms with Crippen molar-refractivity contribution in [3.63, 3.8) is 0 Å². The van der Waals surface area contributed by atoms with E-state index in [9.17, 15) is 4.79 Å². The number of tetrazole rings is 1. The Morgan fingerprint density at radius 1 is 1.65 bits per heavy atom. The number of aliphatic carboxylic acids is 1. The fourth-order valence-electron chi connectivity index (χ4n) is 1.41. The maximum atomic E-state index is 10.5. The molecule has 0 spiro atoms. The van der Waals surface area contributed by atoms with Crippen LogP contribution < -0.4 is 5.73 Å². The van der Waals surface area contributed by atoms with Crippen LogP contribution in [-0.4, -0.2) is 43.1 Å². The molecule has 8 heteroatoms. The third-order valence-electron chi connectivity index (χ3n) is 2.58. The Hall–Kier alpha value is -1.15. The summed E-state index contributed by atoms with van der Waals surface area (Å²) in [5.74, 6) is 1.32. The highest BCUT2D eigenvalue weighted by Gasteiger charge is 2.27. The lowest BCUT2D eigenvalue weighted by molar-refractivity contribution is -0.138. The predicted molar refractivity (Wildman–Crippen MR) is 62.5 cm³/mol. The summed E-state index contributed by atoms with van der Waals surface area (Å²) in [6.07, 6.45) is 2.75. The van der Waals surface area contributed by atoms with E-state index in [2.05, 4.69) is 15.5 Å². The molecule has 2 rings (SSSR count).